The highest BCUT2D eigenvalue weighted by Crippen LogP contribution is 2.22. The number of carbonyl (C=O) groups excluding carboxylic acids is 1. The number of anilines is 1. The normalized spacial score (nSPS) is 15.5. The minimum atomic E-state index is -0.580. The maximum atomic E-state index is 13.9. The molecule has 1 unspecified atom stereocenters. The van der Waals surface area contributed by atoms with Crippen molar-refractivity contribution in [2.24, 2.45) is 4.99 Å². The van der Waals surface area contributed by atoms with Gasteiger partial charge in [0.05, 0.1) is 0 Å². The summed E-state index contributed by atoms with van der Waals surface area (Å²) in [6.45, 7) is 3.67. The van der Waals surface area contributed by atoms with E-state index in [0.29, 0.717) is 31.0 Å². The van der Waals surface area contributed by atoms with Gasteiger partial charge in [0.25, 0.3) is 0 Å². The summed E-state index contributed by atoms with van der Waals surface area (Å²) in [5.41, 5.74) is 2.44. The van der Waals surface area contributed by atoms with E-state index in [2.05, 4.69) is 15.6 Å². The lowest BCUT2D eigenvalue weighted by atomic mass is 10.0. The molecule has 2 aromatic rings. The minimum Gasteiger partial charge on any atom is -0.356 e. The Morgan fingerprint density at radius 3 is 2.55 bits per heavy atom. The molecule has 1 aliphatic rings. The van der Waals surface area contributed by atoms with Crippen LogP contribution in [0.25, 0.3) is 0 Å². The molecule has 5 nitrogen and oxygen atoms in total. The van der Waals surface area contributed by atoms with Crippen LogP contribution in [0.3, 0.4) is 0 Å². The number of amides is 1. The molecule has 1 fully saturated rings. The lowest BCUT2D eigenvalue weighted by Crippen LogP contribution is -2.38. The second-order valence-corrected chi connectivity index (χ2v) is 7.19. The standard InChI is InChI=1S/C22H26F2N4O/c1-15(19-10-7-17(23)12-20(19)24)13-26-22(25-2)27-14-16-5-8-18(9-6-16)28-11-3-4-21(28)29/h5-10,12,15H,3-4,11,13-14H2,1-2H3,(H2,25,26,27). The molecule has 1 atom stereocenters. The van der Waals surface area contributed by atoms with Gasteiger partial charge in [0, 0.05) is 50.8 Å². The second-order valence-electron chi connectivity index (χ2n) is 7.19. The van der Waals surface area contributed by atoms with Gasteiger partial charge in [-0.15, -0.1) is 0 Å². The molecule has 0 aromatic heterocycles. The van der Waals surface area contributed by atoms with Crippen molar-refractivity contribution in [3.8, 4) is 0 Å². The summed E-state index contributed by atoms with van der Waals surface area (Å²) < 4.78 is 27.0. The summed E-state index contributed by atoms with van der Waals surface area (Å²) in [7, 11) is 1.67. The smallest absolute Gasteiger partial charge is 0.227 e. The van der Waals surface area contributed by atoms with Crippen molar-refractivity contribution < 1.29 is 13.6 Å². The predicted molar refractivity (Wildman–Crippen MR) is 111 cm³/mol. The van der Waals surface area contributed by atoms with E-state index in [0.717, 1.165) is 30.3 Å². The van der Waals surface area contributed by atoms with Crippen LogP contribution < -0.4 is 15.5 Å². The summed E-state index contributed by atoms with van der Waals surface area (Å²) in [6.07, 6.45) is 1.52. The van der Waals surface area contributed by atoms with Gasteiger partial charge in [-0.2, -0.15) is 0 Å². The van der Waals surface area contributed by atoms with Gasteiger partial charge in [0.15, 0.2) is 5.96 Å². The molecule has 1 amide bonds. The minimum absolute atomic E-state index is 0.147. The molecule has 154 valence electrons. The molecule has 1 heterocycles. The first-order valence-corrected chi connectivity index (χ1v) is 9.76. The molecular weight excluding hydrogens is 374 g/mol. The molecular formula is C22H26F2N4O. The number of guanidine groups is 1. The van der Waals surface area contributed by atoms with Crippen LogP contribution in [0.5, 0.6) is 0 Å². The second kappa shape index (κ2) is 9.49. The third-order valence-corrected chi connectivity index (χ3v) is 5.07. The van der Waals surface area contributed by atoms with Gasteiger partial charge in [-0.1, -0.05) is 25.1 Å². The van der Waals surface area contributed by atoms with Crippen LogP contribution in [0.1, 0.15) is 36.8 Å². The topological polar surface area (TPSA) is 56.7 Å². The molecule has 2 N–H and O–H groups in total. The van der Waals surface area contributed by atoms with Crippen molar-refractivity contribution in [1.29, 1.82) is 0 Å². The maximum Gasteiger partial charge on any atom is 0.227 e. The van der Waals surface area contributed by atoms with Gasteiger partial charge in [-0.3, -0.25) is 9.79 Å². The quantitative estimate of drug-likeness (QED) is 0.576. The highest BCUT2D eigenvalue weighted by molar-refractivity contribution is 5.95. The Morgan fingerprint density at radius 2 is 1.93 bits per heavy atom. The number of halogens is 2. The van der Waals surface area contributed by atoms with Crippen LogP contribution in [0.4, 0.5) is 14.5 Å². The highest BCUT2D eigenvalue weighted by Gasteiger charge is 2.21. The molecule has 29 heavy (non-hydrogen) atoms. The van der Waals surface area contributed by atoms with Crippen LogP contribution >= 0.6 is 0 Å². The SMILES string of the molecule is CN=C(NCc1ccc(N2CCCC2=O)cc1)NCC(C)c1ccc(F)cc1F. The molecule has 0 aliphatic carbocycles. The van der Waals surface area contributed by atoms with Crippen molar-refractivity contribution in [1.82, 2.24) is 10.6 Å². The fraction of sp³-hybridized carbons (Fsp3) is 0.364. The summed E-state index contributed by atoms with van der Waals surface area (Å²) in [6, 6.07) is 11.5. The summed E-state index contributed by atoms with van der Waals surface area (Å²) in [4.78, 5) is 17.8. The molecule has 0 bridgehead atoms. The van der Waals surface area contributed by atoms with Gasteiger partial charge in [-0.25, -0.2) is 8.78 Å². The summed E-state index contributed by atoms with van der Waals surface area (Å²) >= 11 is 0. The molecule has 1 aliphatic heterocycles. The third kappa shape index (κ3) is 5.31. The van der Waals surface area contributed by atoms with Crippen LogP contribution in [0.15, 0.2) is 47.5 Å². The summed E-state index contributed by atoms with van der Waals surface area (Å²) in [5, 5.41) is 6.39. The predicted octanol–water partition coefficient (Wildman–Crippen LogP) is 3.56. The third-order valence-electron chi connectivity index (χ3n) is 5.07. The van der Waals surface area contributed by atoms with E-state index in [4.69, 9.17) is 0 Å². The van der Waals surface area contributed by atoms with Crippen LogP contribution in [-0.2, 0) is 11.3 Å². The Bertz CT molecular complexity index is 883. The zero-order valence-corrected chi connectivity index (χ0v) is 16.7. The number of nitrogens with zero attached hydrogens (tertiary/aromatic N) is 2. The van der Waals surface area contributed by atoms with Crippen LogP contribution in [-0.4, -0.2) is 32.0 Å². The molecule has 7 heteroatoms. The number of rotatable bonds is 6. The Hall–Kier alpha value is -2.96. The lowest BCUT2D eigenvalue weighted by Gasteiger charge is -2.18. The zero-order chi connectivity index (χ0) is 20.8. The monoisotopic (exact) mass is 400 g/mol. The first-order chi connectivity index (χ1) is 14.0. The van der Waals surface area contributed by atoms with Crippen LogP contribution in [0.2, 0.25) is 0 Å². The van der Waals surface area contributed by atoms with Gasteiger partial charge in [-0.05, 0) is 35.7 Å². The van der Waals surface area contributed by atoms with Crippen molar-refractivity contribution >= 4 is 17.6 Å². The lowest BCUT2D eigenvalue weighted by molar-refractivity contribution is -0.117. The van der Waals surface area contributed by atoms with E-state index in [1.165, 1.54) is 12.1 Å². The van der Waals surface area contributed by atoms with E-state index in [1.807, 2.05) is 36.1 Å². The van der Waals surface area contributed by atoms with Gasteiger partial charge in [0.2, 0.25) is 5.91 Å². The molecule has 0 spiro atoms. The van der Waals surface area contributed by atoms with Crippen molar-refractivity contribution in [2.75, 3.05) is 25.0 Å². The number of benzene rings is 2. The first-order valence-electron chi connectivity index (χ1n) is 9.76. The van der Waals surface area contributed by atoms with E-state index in [-0.39, 0.29) is 11.8 Å². The Balaban J connectivity index is 1.50. The van der Waals surface area contributed by atoms with E-state index >= 15 is 0 Å². The molecule has 1 saturated heterocycles. The fourth-order valence-electron chi connectivity index (χ4n) is 3.38. The Morgan fingerprint density at radius 1 is 1.17 bits per heavy atom. The Kier molecular flexibility index (Phi) is 6.80. The largest absolute Gasteiger partial charge is 0.356 e. The molecule has 0 radical (unpaired) electrons. The average molecular weight is 400 g/mol. The molecule has 0 saturated carbocycles. The van der Waals surface area contributed by atoms with Gasteiger partial charge < -0.3 is 15.5 Å². The zero-order valence-electron chi connectivity index (χ0n) is 16.7. The fourth-order valence-corrected chi connectivity index (χ4v) is 3.38. The van der Waals surface area contributed by atoms with Crippen molar-refractivity contribution in [3.63, 3.8) is 0 Å². The number of aliphatic imine (C=N–C) groups is 1. The van der Waals surface area contributed by atoms with Gasteiger partial charge >= 0.3 is 0 Å². The number of hydrogen-bond acceptors (Lipinski definition) is 2. The average Bonchev–Trinajstić information content (AvgIpc) is 3.14. The highest BCUT2D eigenvalue weighted by atomic mass is 19.1. The van der Waals surface area contributed by atoms with E-state index in [1.54, 1.807) is 7.05 Å². The van der Waals surface area contributed by atoms with E-state index in [9.17, 15) is 13.6 Å². The van der Waals surface area contributed by atoms with Crippen LogP contribution in [0, 0.1) is 11.6 Å². The Labute approximate surface area is 169 Å². The maximum absolute atomic E-state index is 13.9. The number of hydrogen-bond donors (Lipinski definition) is 2. The van der Waals surface area contributed by atoms with E-state index < -0.39 is 11.6 Å². The number of carbonyl (C=O) groups is 1. The molecule has 3 rings (SSSR count). The van der Waals surface area contributed by atoms with Crippen molar-refractivity contribution in [2.45, 2.75) is 32.2 Å². The van der Waals surface area contributed by atoms with Gasteiger partial charge in [0.1, 0.15) is 11.6 Å². The number of nitrogens with one attached hydrogen (secondary N) is 2. The summed E-state index contributed by atoms with van der Waals surface area (Å²) in [5.74, 6) is -0.500. The van der Waals surface area contributed by atoms with Crippen molar-refractivity contribution in [3.05, 3.63) is 65.2 Å². The molecule has 2 aromatic carbocycles. The first kappa shape index (κ1) is 20.8.